The van der Waals surface area contributed by atoms with Gasteiger partial charge in [-0.1, -0.05) is 12.1 Å². The van der Waals surface area contributed by atoms with Gasteiger partial charge in [-0.15, -0.1) is 11.3 Å². The molecule has 0 saturated carbocycles. The van der Waals surface area contributed by atoms with Crippen LogP contribution in [0.5, 0.6) is 0 Å². The molecule has 2 aromatic rings. The van der Waals surface area contributed by atoms with Gasteiger partial charge in [0.1, 0.15) is 0 Å². The fourth-order valence-corrected chi connectivity index (χ4v) is 3.25. The molecule has 5 nitrogen and oxygen atoms in total. The largest absolute Gasteiger partial charge is 0.456 e. The van der Waals surface area contributed by atoms with Crippen LogP contribution in [0, 0.1) is 0 Å². The van der Waals surface area contributed by atoms with Gasteiger partial charge in [-0.25, -0.2) is 4.98 Å². The zero-order valence-electron chi connectivity index (χ0n) is 14.4. The summed E-state index contributed by atoms with van der Waals surface area (Å²) in [5.41, 5.74) is 0.711. The van der Waals surface area contributed by atoms with E-state index in [0.29, 0.717) is 6.42 Å². The number of hydrogen-bond acceptors (Lipinski definition) is 5. The Morgan fingerprint density at radius 1 is 1.21 bits per heavy atom. The maximum Gasteiger partial charge on any atom is 0.306 e. The van der Waals surface area contributed by atoms with Crippen molar-refractivity contribution in [1.82, 2.24) is 10.3 Å². The minimum Gasteiger partial charge on any atom is -0.456 e. The molecule has 0 aliphatic carbocycles. The van der Waals surface area contributed by atoms with Crippen molar-refractivity contribution in [3.63, 3.8) is 0 Å². The third kappa shape index (κ3) is 6.28. The number of unbranched alkanes of at least 4 members (excludes halogenated alkanes) is 1. The smallest absolute Gasteiger partial charge is 0.306 e. The zero-order valence-corrected chi connectivity index (χ0v) is 15.2. The molecule has 1 aromatic heterocycles. The lowest BCUT2D eigenvalue weighted by molar-refractivity contribution is -0.149. The minimum atomic E-state index is -0.330. The number of carbonyl (C=O) groups is 2. The number of para-hydroxylation sites is 1. The average Bonchev–Trinajstić information content (AvgIpc) is 2.90. The first kappa shape index (κ1) is 18.4. The summed E-state index contributed by atoms with van der Waals surface area (Å²) in [5.74, 6) is -0.603. The SMILES string of the molecule is CC(C)(C)NC(=O)COC(=O)CCCCc1nc2ccccc2s1. The Morgan fingerprint density at radius 2 is 1.96 bits per heavy atom. The van der Waals surface area contributed by atoms with Gasteiger partial charge in [0.25, 0.3) is 5.91 Å². The molecule has 130 valence electrons. The van der Waals surface area contributed by atoms with Gasteiger partial charge in [-0.2, -0.15) is 0 Å². The minimum absolute atomic E-state index is 0.214. The molecule has 1 aromatic carbocycles. The first-order chi connectivity index (χ1) is 11.3. The topological polar surface area (TPSA) is 68.3 Å². The highest BCUT2D eigenvalue weighted by Crippen LogP contribution is 2.22. The van der Waals surface area contributed by atoms with Gasteiger partial charge >= 0.3 is 5.97 Å². The fourth-order valence-electron chi connectivity index (χ4n) is 2.24. The number of ether oxygens (including phenoxy) is 1. The van der Waals surface area contributed by atoms with Crippen molar-refractivity contribution >= 4 is 33.4 Å². The normalized spacial score (nSPS) is 11.5. The van der Waals surface area contributed by atoms with Crippen LogP contribution in [0.2, 0.25) is 0 Å². The van der Waals surface area contributed by atoms with Crippen molar-refractivity contribution in [1.29, 1.82) is 0 Å². The summed E-state index contributed by atoms with van der Waals surface area (Å²) < 4.78 is 6.18. The van der Waals surface area contributed by atoms with E-state index in [0.717, 1.165) is 29.8 Å². The molecule has 0 aliphatic rings. The molecular formula is C18H24N2O3S. The molecule has 0 saturated heterocycles. The maximum absolute atomic E-state index is 11.7. The van der Waals surface area contributed by atoms with Gasteiger partial charge in [0.2, 0.25) is 0 Å². The van der Waals surface area contributed by atoms with Crippen molar-refractivity contribution in [2.24, 2.45) is 0 Å². The molecular weight excluding hydrogens is 324 g/mol. The Morgan fingerprint density at radius 3 is 2.67 bits per heavy atom. The summed E-state index contributed by atoms with van der Waals surface area (Å²) in [6.45, 7) is 5.44. The number of nitrogens with zero attached hydrogens (tertiary/aromatic N) is 1. The third-order valence-corrected chi connectivity index (χ3v) is 4.33. The molecule has 0 spiro atoms. The van der Waals surface area contributed by atoms with E-state index in [4.69, 9.17) is 4.74 Å². The number of amides is 1. The van der Waals surface area contributed by atoms with Crippen LogP contribution in [0.15, 0.2) is 24.3 Å². The number of fused-ring (bicyclic) bond motifs is 1. The number of hydrogen-bond donors (Lipinski definition) is 1. The second-order valence-corrected chi connectivity index (χ2v) is 7.86. The van der Waals surface area contributed by atoms with Crippen LogP contribution in [0.3, 0.4) is 0 Å². The standard InChI is InChI=1S/C18H24N2O3S/c1-18(2,3)20-15(21)12-23-17(22)11-7-6-10-16-19-13-8-4-5-9-14(13)24-16/h4-5,8-9H,6-7,10-12H2,1-3H3,(H,20,21). The zero-order chi connectivity index (χ0) is 17.6. The number of aromatic nitrogens is 1. The van der Waals surface area contributed by atoms with Crippen LogP contribution >= 0.6 is 11.3 Å². The first-order valence-corrected chi connectivity index (χ1v) is 8.96. The number of aryl methyl sites for hydroxylation is 1. The van der Waals surface area contributed by atoms with Crippen LogP contribution < -0.4 is 5.32 Å². The van der Waals surface area contributed by atoms with Gasteiger partial charge in [0, 0.05) is 12.0 Å². The Hall–Kier alpha value is -1.95. The van der Waals surface area contributed by atoms with Gasteiger partial charge in [0.15, 0.2) is 6.61 Å². The van der Waals surface area contributed by atoms with E-state index in [1.54, 1.807) is 11.3 Å². The number of benzene rings is 1. The van der Waals surface area contributed by atoms with Crippen LogP contribution in [0.4, 0.5) is 0 Å². The van der Waals surface area contributed by atoms with Crippen LogP contribution in [0.1, 0.15) is 45.0 Å². The van der Waals surface area contributed by atoms with E-state index in [-0.39, 0.29) is 24.0 Å². The molecule has 1 heterocycles. The summed E-state index contributed by atoms with van der Waals surface area (Å²) >= 11 is 1.70. The Labute approximate surface area is 146 Å². The van der Waals surface area contributed by atoms with Crippen molar-refractivity contribution in [3.05, 3.63) is 29.3 Å². The molecule has 24 heavy (non-hydrogen) atoms. The van der Waals surface area contributed by atoms with E-state index in [1.807, 2.05) is 39.0 Å². The molecule has 2 rings (SSSR count). The van der Waals surface area contributed by atoms with Crippen molar-refractivity contribution in [2.45, 2.75) is 52.0 Å². The highest BCUT2D eigenvalue weighted by molar-refractivity contribution is 7.18. The summed E-state index contributed by atoms with van der Waals surface area (Å²) in [4.78, 5) is 27.8. The fraction of sp³-hybridized carbons (Fsp3) is 0.500. The number of nitrogens with one attached hydrogen (secondary N) is 1. The Kier molecular flexibility index (Phi) is 6.31. The highest BCUT2D eigenvalue weighted by atomic mass is 32.1. The summed E-state index contributed by atoms with van der Waals surface area (Å²) in [6, 6.07) is 8.07. The Balaban J connectivity index is 1.63. The third-order valence-electron chi connectivity index (χ3n) is 3.24. The summed E-state index contributed by atoms with van der Waals surface area (Å²) in [6.07, 6.45) is 2.80. The van der Waals surface area contributed by atoms with Crippen LogP contribution in [0.25, 0.3) is 10.2 Å². The van der Waals surface area contributed by atoms with Gasteiger partial charge < -0.3 is 10.1 Å². The second kappa shape index (κ2) is 8.24. The maximum atomic E-state index is 11.7. The van der Waals surface area contributed by atoms with Crippen molar-refractivity contribution in [3.8, 4) is 0 Å². The van der Waals surface area contributed by atoms with E-state index in [9.17, 15) is 9.59 Å². The van der Waals surface area contributed by atoms with E-state index in [1.165, 1.54) is 4.70 Å². The van der Waals surface area contributed by atoms with Crippen molar-refractivity contribution in [2.75, 3.05) is 6.61 Å². The average molecular weight is 348 g/mol. The van der Waals surface area contributed by atoms with Crippen LogP contribution in [-0.2, 0) is 20.7 Å². The summed E-state index contributed by atoms with van der Waals surface area (Å²) in [7, 11) is 0. The number of thiazole rings is 1. The van der Waals surface area contributed by atoms with E-state index in [2.05, 4.69) is 16.4 Å². The molecule has 0 fully saturated rings. The molecule has 6 heteroatoms. The predicted molar refractivity (Wildman–Crippen MR) is 96.0 cm³/mol. The molecule has 1 amide bonds. The van der Waals surface area contributed by atoms with E-state index >= 15 is 0 Å². The molecule has 0 aliphatic heterocycles. The second-order valence-electron chi connectivity index (χ2n) is 6.74. The lowest BCUT2D eigenvalue weighted by Crippen LogP contribution is -2.42. The quantitative estimate of drug-likeness (QED) is 0.614. The summed E-state index contributed by atoms with van der Waals surface area (Å²) in [5, 5.41) is 3.84. The number of carbonyl (C=O) groups excluding carboxylic acids is 2. The highest BCUT2D eigenvalue weighted by Gasteiger charge is 2.15. The lowest BCUT2D eigenvalue weighted by atomic mass is 10.1. The molecule has 0 bridgehead atoms. The van der Waals surface area contributed by atoms with Gasteiger partial charge in [0.05, 0.1) is 15.2 Å². The molecule has 0 unspecified atom stereocenters. The van der Waals surface area contributed by atoms with Crippen LogP contribution in [-0.4, -0.2) is 29.0 Å². The van der Waals surface area contributed by atoms with Gasteiger partial charge in [-0.3, -0.25) is 9.59 Å². The molecule has 1 N–H and O–H groups in total. The number of esters is 1. The van der Waals surface area contributed by atoms with Gasteiger partial charge in [-0.05, 0) is 52.2 Å². The molecule has 0 radical (unpaired) electrons. The predicted octanol–water partition coefficient (Wildman–Crippen LogP) is 3.47. The Bertz CT molecular complexity index is 671. The van der Waals surface area contributed by atoms with Crippen molar-refractivity contribution < 1.29 is 14.3 Å². The first-order valence-electron chi connectivity index (χ1n) is 8.14. The molecule has 0 atom stereocenters. The van der Waals surface area contributed by atoms with E-state index < -0.39 is 0 Å². The lowest BCUT2D eigenvalue weighted by Gasteiger charge is -2.20. The monoisotopic (exact) mass is 348 g/mol. The number of rotatable bonds is 7.